The van der Waals surface area contributed by atoms with E-state index in [0.717, 1.165) is 17.8 Å². The van der Waals surface area contributed by atoms with Crippen molar-refractivity contribution in [3.63, 3.8) is 0 Å². The van der Waals surface area contributed by atoms with Crippen molar-refractivity contribution in [2.24, 2.45) is 29.1 Å². The second-order valence-corrected chi connectivity index (χ2v) is 8.88. The first-order chi connectivity index (χ1) is 11.8. The number of carboxylic acids is 1. The Kier molecular flexibility index (Phi) is 5.35. The fourth-order valence-corrected chi connectivity index (χ4v) is 5.81. The van der Waals surface area contributed by atoms with Crippen molar-refractivity contribution in [1.29, 1.82) is 0 Å². The monoisotopic (exact) mass is 350 g/mol. The largest absolute Gasteiger partial charge is 0.481 e. The topological polar surface area (TPSA) is 95.5 Å². The molecule has 4 rings (SSSR count). The molecule has 4 aliphatic rings. The Morgan fingerprint density at radius 1 is 1.00 bits per heavy atom. The number of aliphatic carboxylic acids is 1. The number of carboxylic acid groups (broad SMARTS) is 1. The van der Waals surface area contributed by atoms with Crippen LogP contribution in [0.4, 0.5) is 0 Å². The Morgan fingerprint density at radius 2 is 1.56 bits per heavy atom. The Balaban J connectivity index is 1.38. The number of carbonyl (C=O) groups excluding carboxylic acids is 2. The van der Waals surface area contributed by atoms with Crippen LogP contribution in [0.5, 0.6) is 0 Å². The van der Waals surface area contributed by atoms with Gasteiger partial charge in [-0.3, -0.25) is 14.4 Å². The molecule has 6 nitrogen and oxygen atoms in total. The van der Waals surface area contributed by atoms with Crippen LogP contribution in [0.25, 0.3) is 0 Å². The summed E-state index contributed by atoms with van der Waals surface area (Å²) >= 11 is 0. The Hall–Kier alpha value is -1.59. The molecule has 4 saturated carbocycles. The zero-order valence-corrected chi connectivity index (χ0v) is 15.1. The first-order valence-corrected chi connectivity index (χ1v) is 9.59. The fourth-order valence-electron chi connectivity index (χ4n) is 5.81. The predicted molar refractivity (Wildman–Crippen MR) is 92.7 cm³/mol. The van der Waals surface area contributed by atoms with Gasteiger partial charge in [0.1, 0.15) is 0 Å². The minimum atomic E-state index is -0.870. The van der Waals surface area contributed by atoms with Crippen molar-refractivity contribution in [2.45, 2.75) is 58.3 Å². The zero-order chi connectivity index (χ0) is 18.0. The predicted octanol–water partition coefficient (Wildman–Crippen LogP) is 1.94. The molecule has 0 aromatic rings. The number of nitrogens with one attached hydrogen (secondary N) is 2. The van der Waals surface area contributed by atoms with Crippen LogP contribution >= 0.6 is 0 Å². The van der Waals surface area contributed by atoms with Crippen LogP contribution in [0, 0.1) is 29.1 Å². The van der Waals surface area contributed by atoms with Crippen molar-refractivity contribution in [1.82, 2.24) is 10.6 Å². The van der Waals surface area contributed by atoms with Crippen molar-refractivity contribution in [3.8, 4) is 0 Å². The normalized spacial score (nSPS) is 33.7. The quantitative estimate of drug-likeness (QED) is 0.623. The van der Waals surface area contributed by atoms with Crippen LogP contribution in [0.2, 0.25) is 0 Å². The van der Waals surface area contributed by atoms with Gasteiger partial charge in [0.15, 0.2) is 0 Å². The summed E-state index contributed by atoms with van der Waals surface area (Å²) in [5.41, 5.74) is 0.186. The third-order valence-corrected chi connectivity index (χ3v) is 6.32. The van der Waals surface area contributed by atoms with Gasteiger partial charge in [-0.1, -0.05) is 6.92 Å². The van der Waals surface area contributed by atoms with E-state index in [1.54, 1.807) is 6.92 Å². The van der Waals surface area contributed by atoms with Crippen LogP contribution < -0.4 is 10.6 Å². The third-order valence-electron chi connectivity index (χ3n) is 6.32. The summed E-state index contributed by atoms with van der Waals surface area (Å²) in [5, 5.41) is 14.1. The molecule has 1 atom stereocenters. The highest BCUT2D eigenvalue weighted by Crippen LogP contribution is 2.61. The first kappa shape index (κ1) is 18.2. The van der Waals surface area contributed by atoms with E-state index in [-0.39, 0.29) is 36.1 Å². The molecule has 1 unspecified atom stereocenters. The second kappa shape index (κ2) is 7.34. The van der Waals surface area contributed by atoms with E-state index in [2.05, 4.69) is 10.6 Å². The van der Waals surface area contributed by atoms with E-state index in [9.17, 15) is 14.4 Å². The molecule has 0 heterocycles. The number of hydrogen-bond donors (Lipinski definition) is 3. The molecule has 0 aliphatic heterocycles. The van der Waals surface area contributed by atoms with E-state index in [1.165, 1.54) is 38.5 Å². The second-order valence-electron chi connectivity index (χ2n) is 8.88. The van der Waals surface area contributed by atoms with Crippen LogP contribution in [0.15, 0.2) is 0 Å². The molecule has 0 aromatic heterocycles. The Labute approximate surface area is 149 Å². The number of carbonyl (C=O) groups is 3. The van der Waals surface area contributed by atoms with Crippen molar-refractivity contribution >= 4 is 17.8 Å². The molecular weight excluding hydrogens is 320 g/mol. The zero-order valence-electron chi connectivity index (χ0n) is 15.1. The summed E-state index contributed by atoms with van der Waals surface area (Å²) in [6.45, 7) is 2.07. The summed E-state index contributed by atoms with van der Waals surface area (Å²) in [5.74, 6) is 1.19. The van der Waals surface area contributed by atoms with E-state index < -0.39 is 5.97 Å². The summed E-state index contributed by atoms with van der Waals surface area (Å²) in [7, 11) is 0. The molecule has 0 saturated heterocycles. The molecule has 4 bridgehead atoms. The van der Waals surface area contributed by atoms with E-state index in [0.29, 0.717) is 13.0 Å². The van der Waals surface area contributed by atoms with Gasteiger partial charge in [-0.2, -0.15) is 0 Å². The van der Waals surface area contributed by atoms with Crippen LogP contribution in [0.1, 0.15) is 58.3 Å². The van der Waals surface area contributed by atoms with Crippen molar-refractivity contribution in [3.05, 3.63) is 0 Å². The standard InChI is InChI=1S/C19H30N2O4/c1-12(2-18(24)25)10-20-17(23)11-21-16(22)9-19-6-13-3-14(7-19)5-15(4-13)8-19/h12-15H,2-11H2,1H3,(H,20,23)(H,21,22)(H,24,25). The lowest BCUT2D eigenvalue weighted by Gasteiger charge is -2.56. The van der Waals surface area contributed by atoms with Gasteiger partial charge < -0.3 is 15.7 Å². The van der Waals surface area contributed by atoms with Gasteiger partial charge in [-0.05, 0) is 67.6 Å². The van der Waals surface area contributed by atoms with Crippen molar-refractivity contribution < 1.29 is 19.5 Å². The van der Waals surface area contributed by atoms with Gasteiger partial charge in [0, 0.05) is 19.4 Å². The SMILES string of the molecule is CC(CNC(=O)CNC(=O)CC12CC3CC(CC(C3)C1)C2)CC(=O)O. The van der Waals surface area contributed by atoms with Crippen LogP contribution in [-0.2, 0) is 14.4 Å². The minimum absolute atomic E-state index is 0.0179. The molecule has 3 N–H and O–H groups in total. The highest BCUT2D eigenvalue weighted by molar-refractivity contribution is 5.85. The molecule has 25 heavy (non-hydrogen) atoms. The molecule has 6 heteroatoms. The molecule has 140 valence electrons. The molecule has 4 aliphatic carbocycles. The molecular formula is C19H30N2O4. The third kappa shape index (κ3) is 4.73. The van der Waals surface area contributed by atoms with E-state index >= 15 is 0 Å². The number of amides is 2. The Morgan fingerprint density at radius 3 is 2.08 bits per heavy atom. The molecule has 0 spiro atoms. The summed E-state index contributed by atoms with van der Waals surface area (Å²) in [6.07, 6.45) is 8.22. The summed E-state index contributed by atoms with van der Waals surface area (Å²) in [6, 6.07) is 0. The summed E-state index contributed by atoms with van der Waals surface area (Å²) in [4.78, 5) is 34.8. The number of rotatable bonds is 8. The van der Waals surface area contributed by atoms with Crippen LogP contribution in [-0.4, -0.2) is 36.0 Å². The highest BCUT2D eigenvalue weighted by atomic mass is 16.4. The molecule has 0 radical (unpaired) electrons. The van der Waals surface area contributed by atoms with E-state index in [4.69, 9.17) is 5.11 Å². The van der Waals surface area contributed by atoms with Gasteiger partial charge in [0.2, 0.25) is 11.8 Å². The maximum Gasteiger partial charge on any atom is 0.303 e. The van der Waals surface area contributed by atoms with Gasteiger partial charge in [0.05, 0.1) is 6.54 Å². The highest BCUT2D eigenvalue weighted by Gasteiger charge is 2.51. The average molecular weight is 350 g/mol. The maximum atomic E-state index is 12.3. The van der Waals surface area contributed by atoms with E-state index in [1.807, 2.05) is 0 Å². The lowest BCUT2D eigenvalue weighted by Crippen LogP contribution is -2.48. The minimum Gasteiger partial charge on any atom is -0.481 e. The Bertz CT molecular complexity index is 510. The van der Waals surface area contributed by atoms with Gasteiger partial charge in [0.25, 0.3) is 0 Å². The molecule has 4 fully saturated rings. The van der Waals surface area contributed by atoms with Crippen LogP contribution in [0.3, 0.4) is 0 Å². The summed E-state index contributed by atoms with van der Waals surface area (Å²) < 4.78 is 0. The van der Waals surface area contributed by atoms with Gasteiger partial charge in [-0.25, -0.2) is 0 Å². The molecule has 2 amide bonds. The smallest absolute Gasteiger partial charge is 0.303 e. The van der Waals surface area contributed by atoms with Crippen molar-refractivity contribution in [2.75, 3.05) is 13.1 Å². The average Bonchev–Trinajstić information content (AvgIpc) is 2.48. The lowest BCUT2D eigenvalue weighted by molar-refractivity contribution is -0.138. The number of hydrogen-bond acceptors (Lipinski definition) is 3. The van der Waals surface area contributed by atoms with Gasteiger partial charge in [-0.15, -0.1) is 0 Å². The molecule has 0 aromatic carbocycles. The lowest BCUT2D eigenvalue weighted by atomic mass is 9.49. The van der Waals surface area contributed by atoms with Gasteiger partial charge >= 0.3 is 5.97 Å². The first-order valence-electron chi connectivity index (χ1n) is 9.59. The maximum absolute atomic E-state index is 12.3. The fraction of sp³-hybridized carbons (Fsp3) is 0.842.